The van der Waals surface area contributed by atoms with Gasteiger partial charge < -0.3 is 0 Å². The zero-order chi connectivity index (χ0) is 11.5. The van der Waals surface area contributed by atoms with Gasteiger partial charge in [0.25, 0.3) is 0 Å². The van der Waals surface area contributed by atoms with Gasteiger partial charge in [0, 0.05) is 22.3 Å². The first-order chi connectivity index (χ1) is 7.69. The number of halogens is 2. The van der Waals surface area contributed by atoms with E-state index in [1.165, 1.54) is 5.56 Å². The smallest absolute Gasteiger partial charge is 0.143 e. The minimum atomic E-state index is 0.589. The molecule has 0 fully saturated rings. The second kappa shape index (κ2) is 5.25. The molecule has 0 radical (unpaired) electrons. The van der Waals surface area contributed by atoms with Crippen molar-refractivity contribution >= 4 is 38.9 Å². The topological polar surface area (TPSA) is 25.8 Å². The first-order valence-corrected chi connectivity index (χ1v) is 6.99. The van der Waals surface area contributed by atoms with Crippen LogP contribution in [0.15, 0.2) is 22.7 Å². The third kappa shape index (κ3) is 2.81. The number of nitrogens with zero attached hydrogens (tertiary/aromatic N) is 2. The van der Waals surface area contributed by atoms with Crippen molar-refractivity contribution in [2.45, 2.75) is 13.3 Å². The molecule has 16 heavy (non-hydrogen) atoms. The molecule has 0 aliphatic carbocycles. The summed E-state index contributed by atoms with van der Waals surface area (Å²) in [5, 5.41) is 10.2. The highest BCUT2D eigenvalue weighted by atomic mass is 79.9. The number of aromatic nitrogens is 2. The molecular formula is C11H10BrClN2S. The van der Waals surface area contributed by atoms with Gasteiger partial charge in [-0.3, -0.25) is 0 Å². The van der Waals surface area contributed by atoms with Crippen LogP contribution in [0.25, 0.3) is 10.6 Å². The summed E-state index contributed by atoms with van der Waals surface area (Å²) in [6.45, 7) is 2.06. The van der Waals surface area contributed by atoms with E-state index in [0.717, 1.165) is 26.5 Å². The number of hydrogen-bond acceptors (Lipinski definition) is 3. The van der Waals surface area contributed by atoms with Gasteiger partial charge >= 0.3 is 0 Å². The van der Waals surface area contributed by atoms with Crippen LogP contribution in [-0.2, 0) is 6.42 Å². The number of alkyl halides is 1. The molecule has 0 amide bonds. The minimum Gasteiger partial charge on any atom is -0.143 e. The van der Waals surface area contributed by atoms with Crippen LogP contribution < -0.4 is 0 Å². The molecule has 2 rings (SSSR count). The van der Waals surface area contributed by atoms with Gasteiger partial charge in [-0.15, -0.1) is 21.8 Å². The van der Waals surface area contributed by atoms with E-state index in [9.17, 15) is 0 Å². The Kier molecular flexibility index (Phi) is 3.95. The Balaban J connectivity index is 2.34. The fraction of sp³-hybridized carbons (Fsp3) is 0.273. The molecular weight excluding hydrogens is 308 g/mol. The Labute approximate surface area is 112 Å². The summed E-state index contributed by atoms with van der Waals surface area (Å²) in [6.07, 6.45) is 0.784. The summed E-state index contributed by atoms with van der Waals surface area (Å²) >= 11 is 10.8. The second-order valence-electron chi connectivity index (χ2n) is 3.46. The Hall–Kier alpha value is -0.450. The van der Waals surface area contributed by atoms with Gasteiger partial charge in [0.1, 0.15) is 10.0 Å². The fourth-order valence-electron chi connectivity index (χ4n) is 1.41. The molecule has 1 aromatic carbocycles. The molecule has 2 aromatic rings. The lowest BCUT2D eigenvalue weighted by atomic mass is 10.1. The van der Waals surface area contributed by atoms with Crippen LogP contribution in [0, 0.1) is 6.92 Å². The van der Waals surface area contributed by atoms with Crippen molar-refractivity contribution in [1.29, 1.82) is 0 Å². The number of hydrogen-bond donors (Lipinski definition) is 0. The summed E-state index contributed by atoms with van der Waals surface area (Å²) in [4.78, 5) is 0. The molecule has 1 heterocycles. The van der Waals surface area contributed by atoms with Gasteiger partial charge in [0.05, 0.1) is 0 Å². The maximum atomic E-state index is 5.67. The molecule has 0 spiro atoms. The van der Waals surface area contributed by atoms with Crippen LogP contribution in [0.5, 0.6) is 0 Å². The molecule has 2 nitrogen and oxygen atoms in total. The number of benzene rings is 1. The van der Waals surface area contributed by atoms with Gasteiger partial charge in [-0.05, 0) is 30.7 Å². The molecule has 1 aromatic heterocycles. The van der Waals surface area contributed by atoms with Crippen LogP contribution in [0.3, 0.4) is 0 Å². The quantitative estimate of drug-likeness (QED) is 0.798. The second-order valence-corrected chi connectivity index (χ2v) is 5.81. The largest absolute Gasteiger partial charge is 0.147 e. The lowest BCUT2D eigenvalue weighted by molar-refractivity contribution is 0.990. The van der Waals surface area contributed by atoms with Crippen molar-refractivity contribution in [2.24, 2.45) is 0 Å². The maximum absolute atomic E-state index is 5.67. The van der Waals surface area contributed by atoms with Crippen molar-refractivity contribution in [3.8, 4) is 10.6 Å². The van der Waals surface area contributed by atoms with Crippen LogP contribution in [0.2, 0.25) is 0 Å². The summed E-state index contributed by atoms with van der Waals surface area (Å²) < 4.78 is 1.07. The van der Waals surface area contributed by atoms with Crippen molar-refractivity contribution in [1.82, 2.24) is 10.2 Å². The van der Waals surface area contributed by atoms with Gasteiger partial charge in [-0.2, -0.15) is 0 Å². The molecule has 0 atom stereocenters. The van der Waals surface area contributed by atoms with Crippen molar-refractivity contribution in [3.63, 3.8) is 0 Å². The normalized spacial score (nSPS) is 10.7. The molecule has 84 valence electrons. The highest BCUT2D eigenvalue weighted by Crippen LogP contribution is 2.27. The molecule has 0 N–H and O–H groups in total. The Morgan fingerprint density at radius 2 is 2.12 bits per heavy atom. The molecule has 0 bridgehead atoms. The van der Waals surface area contributed by atoms with Crippen LogP contribution in [0.1, 0.15) is 10.6 Å². The molecule has 5 heteroatoms. The molecule has 0 saturated carbocycles. The van der Waals surface area contributed by atoms with E-state index in [0.29, 0.717) is 5.88 Å². The summed E-state index contributed by atoms with van der Waals surface area (Å²) in [5.41, 5.74) is 2.31. The zero-order valence-electron chi connectivity index (χ0n) is 8.70. The van der Waals surface area contributed by atoms with E-state index in [4.69, 9.17) is 11.6 Å². The van der Waals surface area contributed by atoms with E-state index in [1.807, 2.05) is 0 Å². The van der Waals surface area contributed by atoms with E-state index in [2.05, 4.69) is 51.3 Å². The average Bonchev–Trinajstić information content (AvgIpc) is 2.65. The summed E-state index contributed by atoms with van der Waals surface area (Å²) in [5.74, 6) is 0.589. The van der Waals surface area contributed by atoms with Crippen molar-refractivity contribution < 1.29 is 0 Å². The lowest BCUT2D eigenvalue weighted by Crippen LogP contribution is -1.83. The lowest BCUT2D eigenvalue weighted by Gasteiger charge is -1.99. The van der Waals surface area contributed by atoms with Gasteiger partial charge in [0.2, 0.25) is 0 Å². The first kappa shape index (κ1) is 12.0. The minimum absolute atomic E-state index is 0.589. The van der Waals surface area contributed by atoms with Crippen molar-refractivity contribution in [3.05, 3.63) is 33.2 Å². The standard InChI is InChI=1S/C11H10BrClN2S/c1-7-4-8(6-9(12)5-7)11-15-14-10(16-11)2-3-13/h4-6H,2-3H2,1H3. The Morgan fingerprint density at radius 1 is 1.31 bits per heavy atom. The zero-order valence-corrected chi connectivity index (χ0v) is 11.9. The van der Waals surface area contributed by atoms with Crippen molar-refractivity contribution in [2.75, 3.05) is 5.88 Å². The summed E-state index contributed by atoms with van der Waals surface area (Å²) in [6, 6.07) is 6.23. The molecule has 0 aliphatic heterocycles. The SMILES string of the molecule is Cc1cc(Br)cc(-c2nnc(CCCl)s2)c1. The van der Waals surface area contributed by atoms with Gasteiger partial charge in [-0.25, -0.2) is 0 Å². The van der Waals surface area contributed by atoms with Crippen LogP contribution >= 0.6 is 38.9 Å². The van der Waals surface area contributed by atoms with Gasteiger partial charge in [-0.1, -0.05) is 27.3 Å². The monoisotopic (exact) mass is 316 g/mol. The van der Waals surface area contributed by atoms with E-state index in [1.54, 1.807) is 11.3 Å². The first-order valence-electron chi connectivity index (χ1n) is 4.85. The van der Waals surface area contributed by atoms with Crippen LogP contribution in [0.4, 0.5) is 0 Å². The van der Waals surface area contributed by atoms with Gasteiger partial charge in [0.15, 0.2) is 0 Å². The molecule has 0 aliphatic rings. The van der Waals surface area contributed by atoms with E-state index < -0.39 is 0 Å². The number of rotatable bonds is 3. The third-order valence-electron chi connectivity index (χ3n) is 2.06. The average molecular weight is 318 g/mol. The fourth-order valence-corrected chi connectivity index (χ4v) is 3.14. The number of aryl methyl sites for hydroxylation is 2. The highest BCUT2D eigenvalue weighted by Gasteiger charge is 2.07. The molecule has 0 unspecified atom stereocenters. The van der Waals surface area contributed by atoms with Crippen LogP contribution in [-0.4, -0.2) is 16.1 Å². The predicted molar refractivity (Wildman–Crippen MR) is 72.2 cm³/mol. The van der Waals surface area contributed by atoms with E-state index in [-0.39, 0.29) is 0 Å². The van der Waals surface area contributed by atoms with E-state index >= 15 is 0 Å². The predicted octanol–water partition coefficient (Wildman–Crippen LogP) is 4.06. The molecule has 0 saturated heterocycles. The summed E-state index contributed by atoms with van der Waals surface area (Å²) in [7, 11) is 0. The maximum Gasteiger partial charge on any atom is 0.147 e. The highest BCUT2D eigenvalue weighted by molar-refractivity contribution is 9.10. The third-order valence-corrected chi connectivity index (χ3v) is 3.74. The Bertz CT molecular complexity index is 478. The Morgan fingerprint density at radius 3 is 2.81 bits per heavy atom.